The molecular formula is C14H31IN4. The van der Waals surface area contributed by atoms with Crippen LogP contribution in [0.5, 0.6) is 0 Å². The van der Waals surface area contributed by atoms with E-state index in [9.17, 15) is 0 Å². The maximum atomic E-state index is 4.79. The van der Waals surface area contributed by atoms with Crippen LogP contribution in [-0.2, 0) is 0 Å². The molecule has 1 saturated heterocycles. The van der Waals surface area contributed by atoms with Crippen LogP contribution in [0.15, 0.2) is 4.99 Å². The number of likely N-dealkylation sites (tertiary alicyclic amines) is 1. The largest absolute Gasteiger partial charge is 0.357 e. The molecule has 114 valence electrons. The predicted octanol–water partition coefficient (Wildman–Crippen LogP) is 2.40. The third-order valence-electron chi connectivity index (χ3n) is 3.67. The number of likely N-dealkylation sites (N-methyl/N-ethyl adjacent to an activating group) is 1. The smallest absolute Gasteiger partial charge is 0.193 e. The molecule has 1 fully saturated rings. The molecule has 5 heteroatoms. The molecular weight excluding hydrogens is 351 g/mol. The molecule has 0 aromatic heterocycles. The molecule has 0 aromatic rings. The van der Waals surface area contributed by atoms with Crippen molar-refractivity contribution in [2.75, 3.05) is 40.3 Å². The summed E-state index contributed by atoms with van der Waals surface area (Å²) in [6, 6.07) is 0.637. The van der Waals surface area contributed by atoms with E-state index in [1.165, 1.54) is 32.2 Å². The van der Waals surface area contributed by atoms with Crippen molar-refractivity contribution in [3.8, 4) is 0 Å². The molecule has 0 saturated carbocycles. The Morgan fingerprint density at radius 1 is 1.42 bits per heavy atom. The Kier molecular flexibility index (Phi) is 10.7. The van der Waals surface area contributed by atoms with Gasteiger partial charge in [0.2, 0.25) is 0 Å². The molecule has 1 rings (SSSR count). The molecule has 0 aliphatic carbocycles. The molecule has 1 N–H and O–H groups in total. The Bertz CT molecular complexity index is 258. The van der Waals surface area contributed by atoms with Gasteiger partial charge in [0.15, 0.2) is 5.96 Å². The molecule has 0 aromatic carbocycles. The maximum Gasteiger partial charge on any atom is 0.193 e. The molecule has 4 nitrogen and oxygen atoms in total. The number of aliphatic imine (C=N–C) groups is 1. The number of hydrogen-bond donors (Lipinski definition) is 1. The van der Waals surface area contributed by atoms with Crippen LogP contribution in [0.2, 0.25) is 0 Å². The van der Waals surface area contributed by atoms with Gasteiger partial charge in [-0.2, -0.15) is 0 Å². The zero-order valence-electron chi connectivity index (χ0n) is 13.0. The highest BCUT2D eigenvalue weighted by molar-refractivity contribution is 14.0. The molecule has 1 unspecified atom stereocenters. The van der Waals surface area contributed by atoms with Crippen molar-refractivity contribution in [3.63, 3.8) is 0 Å². The normalized spacial score (nSPS) is 20.2. The molecule has 19 heavy (non-hydrogen) atoms. The van der Waals surface area contributed by atoms with Crippen LogP contribution in [0.25, 0.3) is 0 Å². The van der Waals surface area contributed by atoms with Gasteiger partial charge in [0.25, 0.3) is 0 Å². The van der Waals surface area contributed by atoms with Gasteiger partial charge in [-0.05, 0) is 39.8 Å². The zero-order valence-corrected chi connectivity index (χ0v) is 15.3. The summed E-state index contributed by atoms with van der Waals surface area (Å²) in [4.78, 5) is 9.47. The molecule has 1 heterocycles. The van der Waals surface area contributed by atoms with Gasteiger partial charge in [-0.15, -0.1) is 24.0 Å². The Morgan fingerprint density at radius 3 is 2.68 bits per heavy atom. The van der Waals surface area contributed by atoms with Gasteiger partial charge in [-0.3, -0.25) is 4.99 Å². The summed E-state index contributed by atoms with van der Waals surface area (Å²) < 4.78 is 0. The summed E-state index contributed by atoms with van der Waals surface area (Å²) in [6.45, 7) is 8.53. The van der Waals surface area contributed by atoms with Crippen molar-refractivity contribution < 1.29 is 0 Å². The van der Waals surface area contributed by atoms with E-state index in [4.69, 9.17) is 4.99 Å². The lowest BCUT2D eigenvalue weighted by molar-refractivity contribution is 0.316. The number of nitrogens with one attached hydrogen (secondary N) is 1. The lowest BCUT2D eigenvalue weighted by Gasteiger charge is -2.23. The van der Waals surface area contributed by atoms with Crippen LogP contribution in [0.4, 0.5) is 0 Å². The summed E-state index contributed by atoms with van der Waals surface area (Å²) in [5.41, 5.74) is 0. The van der Waals surface area contributed by atoms with Crippen molar-refractivity contribution in [2.24, 2.45) is 4.99 Å². The molecule has 0 spiro atoms. The topological polar surface area (TPSA) is 30.9 Å². The van der Waals surface area contributed by atoms with E-state index < -0.39 is 0 Å². The van der Waals surface area contributed by atoms with Gasteiger partial charge in [-0.1, -0.05) is 13.3 Å². The third-order valence-corrected chi connectivity index (χ3v) is 3.67. The van der Waals surface area contributed by atoms with Crippen molar-refractivity contribution >= 4 is 29.9 Å². The molecule has 1 atom stereocenters. The van der Waals surface area contributed by atoms with Crippen LogP contribution in [0.3, 0.4) is 0 Å². The molecule has 0 radical (unpaired) electrons. The molecule has 0 amide bonds. The van der Waals surface area contributed by atoms with Gasteiger partial charge >= 0.3 is 0 Å². The lowest BCUT2D eigenvalue weighted by Crippen LogP contribution is -2.40. The lowest BCUT2D eigenvalue weighted by atomic mass is 10.2. The van der Waals surface area contributed by atoms with Gasteiger partial charge in [0.05, 0.1) is 6.54 Å². The fourth-order valence-electron chi connectivity index (χ4n) is 2.37. The highest BCUT2D eigenvalue weighted by atomic mass is 127. The summed E-state index contributed by atoms with van der Waals surface area (Å²) >= 11 is 0. The monoisotopic (exact) mass is 382 g/mol. The first kappa shape index (κ1) is 19.0. The summed E-state index contributed by atoms with van der Waals surface area (Å²) in [7, 11) is 4.34. The maximum absolute atomic E-state index is 4.79. The number of unbranched alkanes of at least 4 members (excludes halogenated alkanes) is 1. The number of rotatable bonds is 6. The minimum absolute atomic E-state index is 0. The van der Waals surface area contributed by atoms with E-state index in [0.29, 0.717) is 6.04 Å². The second kappa shape index (κ2) is 10.7. The zero-order chi connectivity index (χ0) is 13.4. The molecule has 0 bridgehead atoms. The van der Waals surface area contributed by atoms with E-state index in [1.807, 2.05) is 0 Å². The van der Waals surface area contributed by atoms with Crippen LogP contribution >= 0.6 is 24.0 Å². The van der Waals surface area contributed by atoms with E-state index in [2.05, 4.69) is 43.1 Å². The SMILES string of the molecule is CCCCN(C)C(=NCC1CCCN1C)NCC.I. The fraction of sp³-hybridized carbons (Fsp3) is 0.929. The number of hydrogen-bond acceptors (Lipinski definition) is 2. The highest BCUT2D eigenvalue weighted by Crippen LogP contribution is 2.14. The minimum atomic E-state index is 0. The van der Waals surface area contributed by atoms with Gasteiger partial charge in [0, 0.05) is 26.2 Å². The summed E-state index contributed by atoms with van der Waals surface area (Å²) in [5, 5.41) is 3.39. The van der Waals surface area contributed by atoms with Crippen molar-refractivity contribution in [1.82, 2.24) is 15.1 Å². The number of nitrogens with zero attached hydrogens (tertiary/aromatic N) is 3. The predicted molar refractivity (Wildman–Crippen MR) is 94.6 cm³/mol. The Hall–Kier alpha value is -0.0400. The first-order chi connectivity index (χ1) is 8.69. The summed E-state index contributed by atoms with van der Waals surface area (Å²) in [5.74, 6) is 1.06. The third kappa shape index (κ3) is 6.79. The molecule has 1 aliphatic rings. The van der Waals surface area contributed by atoms with Gasteiger partial charge in [-0.25, -0.2) is 0 Å². The standard InChI is InChI=1S/C14H30N4.HI/c1-5-7-10-18(4)14(15-6-2)16-12-13-9-8-11-17(13)3;/h13H,5-12H2,1-4H3,(H,15,16);1H. The fourth-order valence-corrected chi connectivity index (χ4v) is 2.37. The first-order valence-corrected chi connectivity index (χ1v) is 7.38. The first-order valence-electron chi connectivity index (χ1n) is 7.38. The van der Waals surface area contributed by atoms with Gasteiger partial charge in [0.1, 0.15) is 0 Å². The average molecular weight is 382 g/mol. The van der Waals surface area contributed by atoms with E-state index >= 15 is 0 Å². The van der Waals surface area contributed by atoms with Gasteiger partial charge < -0.3 is 15.1 Å². The second-order valence-corrected chi connectivity index (χ2v) is 5.25. The van der Waals surface area contributed by atoms with E-state index in [-0.39, 0.29) is 24.0 Å². The van der Waals surface area contributed by atoms with Crippen molar-refractivity contribution in [3.05, 3.63) is 0 Å². The Balaban J connectivity index is 0.00000324. The Morgan fingerprint density at radius 2 is 2.16 bits per heavy atom. The number of halogens is 1. The van der Waals surface area contributed by atoms with Crippen LogP contribution < -0.4 is 5.32 Å². The van der Waals surface area contributed by atoms with E-state index in [0.717, 1.165) is 25.6 Å². The second-order valence-electron chi connectivity index (χ2n) is 5.25. The quantitative estimate of drug-likeness (QED) is 0.435. The van der Waals surface area contributed by atoms with Crippen molar-refractivity contribution in [2.45, 2.75) is 45.6 Å². The average Bonchev–Trinajstić information content (AvgIpc) is 2.77. The summed E-state index contributed by atoms with van der Waals surface area (Å²) in [6.07, 6.45) is 5.07. The van der Waals surface area contributed by atoms with Crippen molar-refractivity contribution in [1.29, 1.82) is 0 Å². The Labute approximate surface area is 136 Å². The van der Waals surface area contributed by atoms with E-state index in [1.54, 1.807) is 0 Å². The number of guanidine groups is 1. The van der Waals surface area contributed by atoms with Crippen LogP contribution in [-0.4, -0.2) is 62.1 Å². The van der Waals surface area contributed by atoms with Crippen LogP contribution in [0, 0.1) is 0 Å². The molecule has 1 aliphatic heterocycles. The minimum Gasteiger partial charge on any atom is -0.357 e. The van der Waals surface area contributed by atoms with Crippen LogP contribution in [0.1, 0.15) is 39.5 Å². The highest BCUT2D eigenvalue weighted by Gasteiger charge is 2.20.